The van der Waals surface area contributed by atoms with Crippen molar-refractivity contribution in [3.8, 4) is 0 Å². The third kappa shape index (κ3) is 5.85. The molecule has 0 radical (unpaired) electrons. The molecule has 0 nitrogen and oxygen atoms in total. The summed E-state index contributed by atoms with van der Waals surface area (Å²) in [5.74, 6) is -0.877. The van der Waals surface area contributed by atoms with E-state index in [2.05, 4.69) is 19.1 Å². The van der Waals surface area contributed by atoms with E-state index >= 15 is 0 Å². The Hall–Kier alpha value is -1.39. The van der Waals surface area contributed by atoms with Crippen LogP contribution in [0.2, 0.25) is 0 Å². The first kappa shape index (κ1) is 23.3. The van der Waals surface area contributed by atoms with E-state index in [0.29, 0.717) is 11.5 Å². The van der Waals surface area contributed by atoms with Crippen molar-refractivity contribution in [2.45, 2.75) is 89.6 Å². The van der Waals surface area contributed by atoms with Crippen LogP contribution < -0.4 is 0 Å². The third-order valence-corrected chi connectivity index (χ3v) is 7.24. The molecule has 0 aromatic heterocycles. The zero-order valence-electron chi connectivity index (χ0n) is 17.8. The van der Waals surface area contributed by atoms with Gasteiger partial charge in [0.2, 0.25) is 0 Å². The molecule has 0 aliphatic heterocycles. The SMILES string of the molecule is CCCC=CCC1CCC(C2CCC(c3cc(F)c(C(F)(F)F)c(F)c3)CC2)CC1. The molecule has 0 heterocycles. The maximum absolute atomic E-state index is 13.9. The smallest absolute Gasteiger partial charge is 0.206 e. The molecule has 0 bridgehead atoms. The van der Waals surface area contributed by atoms with E-state index in [-0.39, 0.29) is 5.92 Å². The minimum absolute atomic E-state index is 0.0485. The highest BCUT2D eigenvalue weighted by atomic mass is 19.4. The maximum Gasteiger partial charge on any atom is 0.422 e. The molecule has 2 aliphatic rings. The van der Waals surface area contributed by atoms with Gasteiger partial charge in [0, 0.05) is 0 Å². The number of unbranched alkanes of at least 4 members (excludes halogenated alkanes) is 1. The molecule has 3 rings (SSSR count). The number of benzene rings is 1. The quantitative estimate of drug-likeness (QED) is 0.314. The van der Waals surface area contributed by atoms with Crippen molar-refractivity contribution in [3.05, 3.63) is 47.0 Å². The Kier molecular flexibility index (Phi) is 7.98. The lowest BCUT2D eigenvalue weighted by atomic mass is 9.68. The van der Waals surface area contributed by atoms with Gasteiger partial charge in [-0.25, -0.2) is 8.78 Å². The van der Waals surface area contributed by atoms with Gasteiger partial charge in [-0.1, -0.05) is 25.5 Å². The van der Waals surface area contributed by atoms with Crippen molar-refractivity contribution in [2.75, 3.05) is 0 Å². The highest BCUT2D eigenvalue weighted by Crippen LogP contribution is 2.45. The monoisotopic (exact) mass is 428 g/mol. The molecule has 0 N–H and O–H groups in total. The van der Waals surface area contributed by atoms with Gasteiger partial charge in [-0.2, -0.15) is 13.2 Å². The Bertz CT molecular complexity index is 682. The van der Waals surface area contributed by atoms with Crippen molar-refractivity contribution in [1.29, 1.82) is 0 Å². The van der Waals surface area contributed by atoms with Crippen molar-refractivity contribution >= 4 is 0 Å². The van der Waals surface area contributed by atoms with Crippen LogP contribution in [0.4, 0.5) is 22.0 Å². The molecular formula is C25H33F5. The fourth-order valence-electron chi connectivity index (χ4n) is 5.49. The van der Waals surface area contributed by atoms with Gasteiger partial charge in [0.05, 0.1) is 0 Å². The average Bonchev–Trinajstić information content (AvgIpc) is 2.70. The Labute approximate surface area is 176 Å². The summed E-state index contributed by atoms with van der Waals surface area (Å²) >= 11 is 0. The summed E-state index contributed by atoms with van der Waals surface area (Å²) < 4.78 is 66.2. The number of hydrogen-bond donors (Lipinski definition) is 0. The van der Waals surface area contributed by atoms with Gasteiger partial charge in [0.1, 0.15) is 17.2 Å². The standard InChI is InChI=1S/C25H33F5/c1-2-3-4-5-6-17-7-9-18(10-8-17)19-11-13-20(14-12-19)21-15-22(26)24(23(27)16-21)25(28,29)30/h4-5,15-20H,2-3,6-14H2,1H3. The van der Waals surface area contributed by atoms with Gasteiger partial charge in [-0.15, -0.1) is 0 Å². The van der Waals surface area contributed by atoms with Crippen molar-refractivity contribution < 1.29 is 22.0 Å². The average molecular weight is 429 g/mol. The van der Waals surface area contributed by atoms with Crippen molar-refractivity contribution in [2.24, 2.45) is 17.8 Å². The van der Waals surface area contributed by atoms with Crippen LogP contribution in [0.25, 0.3) is 0 Å². The van der Waals surface area contributed by atoms with Crippen LogP contribution in [-0.4, -0.2) is 0 Å². The Balaban J connectivity index is 1.50. The Morgan fingerprint density at radius 1 is 0.833 bits per heavy atom. The minimum Gasteiger partial charge on any atom is -0.206 e. The molecule has 5 heteroatoms. The number of allylic oxidation sites excluding steroid dienone is 2. The van der Waals surface area contributed by atoms with E-state index in [0.717, 1.165) is 56.1 Å². The first-order valence-corrected chi connectivity index (χ1v) is 11.5. The molecule has 0 saturated heterocycles. The highest BCUT2D eigenvalue weighted by Gasteiger charge is 2.39. The molecule has 0 amide bonds. The van der Waals surface area contributed by atoms with Gasteiger partial charge in [-0.05, 0) is 106 Å². The van der Waals surface area contributed by atoms with E-state index < -0.39 is 23.4 Å². The number of alkyl halides is 3. The molecule has 0 atom stereocenters. The molecule has 2 saturated carbocycles. The number of halogens is 5. The summed E-state index contributed by atoms with van der Waals surface area (Å²) in [7, 11) is 0. The van der Waals surface area contributed by atoms with E-state index in [1.165, 1.54) is 38.5 Å². The lowest BCUT2D eigenvalue weighted by Gasteiger charge is -2.38. The molecule has 0 spiro atoms. The van der Waals surface area contributed by atoms with E-state index in [4.69, 9.17) is 0 Å². The largest absolute Gasteiger partial charge is 0.422 e. The molecular weight excluding hydrogens is 395 g/mol. The Morgan fingerprint density at radius 2 is 1.37 bits per heavy atom. The second-order valence-electron chi connectivity index (χ2n) is 9.25. The van der Waals surface area contributed by atoms with Crippen LogP contribution in [-0.2, 0) is 6.18 Å². The van der Waals surface area contributed by atoms with Crippen LogP contribution >= 0.6 is 0 Å². The van der Waals surface area contributed by atoms with Crippen LogP contribution in [0.15, 0.2) is 24.3 Å². The molecule has 1 aromatic carbocycles. The zero-order chi connectivity index (χ0) is 21.7. The van der Waals surface area contributed by atoms with E-state index in [1.54, 1.807) is 0 Å². The van der Waals surface area contributed by atoms with Crippen LogP contribution in [0.3, 0.4) is 0 Å². The first-order valence-electron chi connectivity index (χ1n) is 11.5. The Morgan fingerprint density at radius 3 is 1.87 bits per heavy atom. The number of rotatable bonds is 6. The number of hydrogen-bond acceptors (Lipinski definition) is 0. The van der Waals surface area contributed by atoms with Gasteiger partial charge in [-0.3, -0.25) is 0 Å². The fraction of sp³-hybridized carbons (Fsp3) is 0.680. The fourth-order valence-corrected chi connectivity index (χ4v) is 5.49. The molecule has 2 aliphatic carbocycles. The predicted octanol–water partition coefficient (Wildman–Crippen LogP) is 8.81. The van der Waals surface area contributed by atoms with E-state index in [9.17, 15) is 22.0 Å². The summed E-state index contributed by atoms with van der Waals surface area (Å²) in [6.07, 6.45) is 11.8. The van der Waals surface area contributed by atoms with Gasteiger partial charge in [0.25, 0.3) is 0 Å². The summed E-state index contributed by atoms with van der Waals surface area (Å²) in [4.78, 5) is 0. The topological polar surface area (TPSA) is 0 Å². The third-order valence-electron chi connectivity index (χ3n) is 7.24. The minimum atomic E-state index is -5.00. The normalized spacial score (nSPS) is 28.2. The van der Waals surface area contributed by atoms with E-state index in [1.807, 2.05) is 0 Å². The summed E-state index contributed by atoms with van der Waals surface area (Å²) in [6.45, 7) is 2.19. The predicted molar refractivity (Wildman–Crippen MR) is 110 cm³/mol. The molecule has 168 valence electrons. The maximum atomic E-state index is 13.9. The second kappa shape index (κ2) is 10.3. The van der Waals surface area contributed by atoms with Crippen molar-refractivity contribution in [1.82, 2.24) is 0 Å². The summed E-state index contributed by atoms with van der Waals surface area (Å²) in [6, 6.07) is 1.79. The van der Waals surface area contributed by atoms with Crippen LogP contribution in [0.1, 0.15) is 94.6 Å². The zero-order valence-corrected chi connectivity index (χ0v) is 17.8. The summed E-state index contributed by atoms with van der Waals surface area (Å²) in [5.41, 5.74) is -1.40. The molecule has 1 aromatic rings. The lowest BCUT2D eigenvalue weighted by Crippen LogP contribution is -2.25. The van der Waals surface area contributed by atoms with Gasteiger partial charge >= 0.3 is 6.18 Å². The molecule has 30 heavy (non-hydrogen) atoms. The van der Waals surface area contributed by atoms with Gasteiger partial charge in [0.15, 0.2) is 0 Å². The first-order chi connectivity index (χ1) is 14.3. The van der Waals surface area contributed by atoms with Gasteiger partial charge < -0.3 is 0 Å². The van der Waals surface area contributed by atoms with Crippen LogP contribution in [0.5, 0.6) is 0 Å². The molecule has 2 fully saturated rings. The van der Waals surface area contributed by atoms with Crippen LogP contribution in [0, 0.1) is 29.4 Å². The summed E-state index contributed by atoms with van der Waals surface area (Å²) in [5, 5.41) is 0. The molecule has 0 unspecified atom stereocenters. The second-order valence-corrected chi connectivity index (χ2v) is 9.25. The van der Waals surface area contributed by atoms with Crippen molar-refractivity contribution in [3.63, 3.8) is 0 Å². The lowest BCUT2D eigenvalue weighted by molar-refractivity contribution is -0.142. The highest BCUT2D eigenvalue weighted by molar-refractivity contribution is 5.30.